The van der Waals surface area contributed by atoms with Crippen LogP contribution in [-0.2, 0) is 4.79 Å². The highest BCUT2D eigenvalue weighted by Gasteiger charge is 2.36. The SMILES string of the molecule is CCC(C)(CCO)NC(=O)C(CC)(CC)CN. The third kappa shape index (κ3) is 3.96. The largest absolute Gasteiger partial charge is 0.396 e. The molecule has 0 aliphatic rings. The van der Waals surface area contributed by atoms with Crippen LogP contribution in [0, 0.1) is 5.41 Å². The van der Waals surface area contributed by atoms with Crippen molar-refractivity contribution < 1.29 is 9.90 Å². The van der Waals surface area contributed by atoms with Gasteiger partial charge < -0.3 is 16.2 Å². The van der Waals surface area contributed by atoms with Gasteiger partial charge in [-0.15, -0.1) is 0 Å². The van der Waals surface area contributed by atoms with Crippen molar-refractivity contribution >= 4 is 5.91 Å². The van der Waals surface area contributed by atoms with Gasteiger partial charge in [-0.1, -0.05) is 20.8 Å². The van der Waals surface area contributed by atoms with Gasteiger partial charge in [0.15, 0.2) is 0 Å². The molecule has 102 valence electrons. The molecular weight excluding hydrogens is 216 g/mol. The Morgan fingerprint density at radius 3 is 2.06 bits per heavy atom. The molecule has 0 aromatic rings. The second-order valence-electron chi connectivity index (χ2n) is 5.03. The lowest BCUT2D eigenvalue weighted by Crippen LogP contribution is -2.54. The first kappa shape index (κ1) is 16.4. The van der Waals surface area contributed by atoms with E-state index in [1.54, 1.807) is 0 Å². The van der Waals surface area contributed by atoms with Gasteiger partial charge in [0, 0.05) is 18.7 Å². The number of aliphatic hydroxyl groups is 1. The Morgan fingerprint density at radius 1 is 1.24 bits per heavy atom. The fourth-order valence-electron chi connectivity index (χ4n) is 1.93. The van der Waals surface area contributed by atoms with E-state index in [1.807, 2.05) is 27.7 Å². The minimum Gasteiger partial charge on any atom is -0.396 e. The standard InChI is InChI=1S/C13H28N2O2/c1-5-12(4,8-9-16)15-11(17)13(6-2,7-3)10-14/h16H,5-10,14H2,1-4H3,(H,15,17). The minimum absolute atomic E-state index is 0.0165. The number of hydrogen-bond acceptors (Lipinski definition) is 3. The van der Waals surface area contributed by atoms with Crippen LogP contribution in [0.25, 0.3) is 0 Å². The maximum Gasteiger partial charge on any atom is 0.227 e. The summed E-state index contributed by atoms with van der Waals surface area (Å²) in [6.45, 7) is 8.41. The van der Waals surface area contributed by atoms with Crippen molar-refractivity contribution in [3.8, 4) is 0 Å². The zero-order valence-electron chi connectivity index (χ0n) is 11.7. The summed E-state index contributed by atoms with van der Waals surface area (Å²) in [5.41, 5.74) is 4.95. The molecule has 1 amide bonds. The third-order valence-corrected chi connectivity index (χ3v) is 4.09. The van der Waals surface area contributed by atoms with Crippen molar-refractivity contribution in [1.82, 2.24) is 5.32 Å². The van der Waals surface area contributed by atoms with Crippen LogP contribution in [-0.4, -0.2) is 29.7 Å². The lowest BCUT2D eigenvalue weighted by Gasteiger charge is -2.36. The molecular formula is C13H28N2O2. The zero-order valence-corrected chi connectivity index (χ0v) is 11.7. The predicted molar refractivity (Wildman–Crippen MR) is 70.6 cm³/mol. The summed E-state index contributed by atoms with van der Waals surface area (Å²) >= 11 is 0. The van der Waals surface area contributed by atoms with Gasteiger partial charge in [-0.2, -0.15) is 0 Å². The quantitative estimate of drug-likeness (QED) is 0.604. The third-order valence-electron chi connectivity index (χ3n) is 4.09. The Bertz CT molecular complexity index is 231. The minimum atomic E-state index is -0.466. The number of nitrogens with one attached hydrogen (secondary N) is 1. The number of amides is 1. The van der Waals surface area contributed by atoms with E-state index in [9.17, 15) is 4.79 Å². The van der Waals surface area contributed by atoms with Crippen LogP contribution in [0.4, 0.5) is 0 Å². The first-order chi connectivity index (χ1) is 7.93. The van der Waals surface area contributed by atoms with Crippen LogP contribution >= 0.6 is 0 Å². The molecule has 0 rings (SSSR count). The van der Waals surface area contributed by atoms with Crippen LogP contribution in [0.15, 0.2) is 0 Å². The van der Waals surface area contributed by atoms with Crippen molar-refractivity contribution in [2.24, 2.45) is 11.1 Å². The summed E-state index contributed by atoms with van der Waals surface area (Å²) < 4.78 is 0. The van der Waals surface area contributed by atoms with E-state index in [0.717, 1.165) is 19.3 Å². The summed E-state index contributed by atoms with van der Waals surface area (Å²) in [5, 5.41) is 12.1. The smallest absolute Gasteiger partial charge is 0.227 e. The molecule has 1 atom stereocenters. The Hall–Kier alpha value is -0.610. The van der Waals surface area contributed by atoms with E-state index in [4.69, 9.17) is 10.8 Å². The summed E-state index contributed by atoms with van der Waals surface area (Å²) in [6, 6.07) is 0. The average molecular weight is 244 g/mol. The highest BCUT2D eigenvalue weighted by Crippen LogP contribution is 2.27. The normalized spacial score (nSPS) is 15.4. The number of carbonyl (C=O) groups is 1. The lowest BCUT2D eigenvalue weighted by atomic mass is 9.80. The van der Waals surface area contributed by atoms with Crippen LogP contribution in [0.3, 0.4) is 0 Å². The van der Waals surface area contributed by atoms with Gasteiger partial charge in [-0.05, 0) is 32.6 Å². The number of carbonyl (C=O) groups excluding carboxylic acids is 1. The Morgan fingerprint density at radius 2 is 1.76 bits per heavy atom. The van der Waals surface area contributed by atoms with E-state index in [0.29, 0.717) is 13.0 Å². The molecule has 0 aromatic carbocycles. The van der Waals surface area contributed by atoms with E-state index < -0.39 is 5.41 Å². The molecule has 0 aliphatic heterocycles. The monoisotopic (exact) mass is 244 g/mol. The fourth-order valence-corrected chi connectivity index (χ4v) is 1.93. The molecule has 4 N–H and O–H groups in total. The van der Waals surface area contributed by atoms with Gasteiger partial charge in [0.25, 0.3) is 0 Å². The lowest BCUT2D eigenvalue weighted by molar-refractivity contribution is -0.133. The summed E-state index contributed by atoms with van der Waals surface area (Å²) in [6.07, 6.45) is 2.85. The molecule has 0 saturated heterocycles. The molecule has 0 aromatic heterocycles. The molecule has 4 nitrogen and oxygen atoms in total. The average Bonchev–Trinajstić information content (AvgIpc) is 2.32. The van der Waals surface area contributed by atoms with E-state index in [2.05, 4.69) is 5.32 Å². The number of aliphatic hydroxyl groups excluding tert-OH is 1. The Kier molecular flexibility index (Phi) is 6.72. The second-order valence-corrected chi connectivity index (χ2v) is 5.03. The Balaban J connectivity index is 4.80. The van der Waals surface area contributed by atoms with E-state index in [-0.39, 0.29) is 18.1 Å². The van der Waals surface area contributed by atoms with Crippen molar-refractivity contribution in [2.45, 2.75) is 58.9 Å². The predicted octanol–water partition coefficient (Wildman–Crippen LogP) is 1.42. The number of rotatable bonds is 8. The maximum atomic E-state index is 12.3. The number of nitrogens with two attached hydrogens (primary N) is 1. The van der Waals surface area contributed by atoms with Gasteiger partial charge in [-0.3, -0.25) is 4.79 Å². The molecule has 0 radical (unpaired) electrons. The highest BCUT2D eigenvalue weighted by molar-refractivity contribution is 5.83. The highest BCUT2D eigenvalue weighted by atomic mass is 16.3. The molecule has 1 unspecified atom stereocenters. The van der Waals surface area contributed by atoms with Crippen molar-refractivity contribution in [1.29, 1.82) is 0 Å². The van der Waals surface area contributed by atoms with Gasteiger partial charge in [0.2, 0.25) is 5.91 Å². The molecule has 0 bridgehead atoms. The molecule has 17 heavy (non-hydrogen) atoms. The maximum absolute atomic E-state index is 12.3. The molecule has 4 heteroatoms. The topological polar surface area (TPSA) is 75.3 Å². The van der Waals surface area contributed by atoms with Gasteiger partial charge in [0.05, 0.1) is 5.41 Å². The Labute approximate surface area is 105 Å². The van der Waals surface area contributed by atoms with E-state index in [1.165, 1.54) is 0 Å². The van der Waals surface area contributed by atoms with Crippen LogP contribution in [0.1, 0.15) is 53.4 Å². The zero-order chi connectivity index (χ0) is 13.5. The van der Waals surface area contributed by atoms with Crippen molar-refractivity contribution in [3.05, 3.63) is 0 Å². The van der Waals surface area contributed by atoms with Gasteiger partial charge >= 0.3 is 0 Å². The molecule has 0 fully saturated rings. The number of hydrogen-bond donors (Lipinski definition) is 3. The van der Waals surface area contributed by atoms with Crippen LogP contribution in [0.2, 0.25) is 0 Å². The summed E-state index contributed by atoms with van der Waals surface area (Å²) in [4.78, 5) is 12.3. The van der Waals surface area contributed by atoms with E-state index >= 15 is 0 Å². The molecule has 0 aliphatic carbocycles. The van der Waals surface area contributed by atoms with Gasteiger partial charge in [-0.25, -0.2) is 0 Å². The fraction of sp³-hybridized carbons (Fsp3) is 0.923. The van der Waals surface area contributed by atoms with Gasteiger partial charge in [0.1, 0.15) is 0 Å². The van der Waals surface area contributed by atoms with Crippen molar-refractivity contribution in [3.63, 3.8) is 0 Å². The first-order valence-corrected chi connectivity index (χ1v) is 6.57. The second kappa shape index (κ2) is 6.97. The molecule has 0 spiro atoms. The summed E-state index contributed by atoms with van der Waals surface area (Å²) in [5.74, 6) is 0.0165. The molecule has 0 saturated carbocycles. The first-order valence-electron chi connectivity index (χ1n) is 6.57. The van der Waals surface area contributed by atoms with Crippen molar-refractivity contribution in [2.75, 3.05) is 13.2 Å². The summed E-state index contributed by atoms with van der Waals surface area (Å²) in [7, 11) is 0. The van der Waals surface area contributed by atoms with Crippen LogP contribution in [0.5, 0.6) is 0 Å². The molecule has 0 heterocycles. The van der Waals surface area contributed by atoms with Crippen LogP contribution < -0.4 is 11.1 Å².